The number of ether oxygens (including phenoxy) is 1. The molecule has 5 atom stereocenters. The Morgan fingerprint density at radius 3 is 2.71 bits per heavy atom. The van der Waals surface area contributed by atoms with Gasteiger partial charge in [0.25, 0.3) is 0 Å². The minimum absolute atomic E-state index is 0.00106. The van der Waals surface area contributed by atoms with Gasteiger partial charge in [0.05, 0.1) is 20.8 Å². The maximum Gasteiger partial charge on any atom is 0.319 e. The maximum atomic E-state index is 17.2. The first-order chi connectivity index (χ1) is 24.6. The average Bonchev–Trinajstić information content (AvgIpc) is 3.79. The highest BCUT2D eigenvalue weighted by Crippen LogP contribution is 2.49. The lowest BCUT2D eigenvalue weighted by molar-refractivity contribution is 0.107. The summed E-state index contributed by atoms with van der Waals surface area (Å²) in [5, 5.41) is 10.9. The number of benzene rings is 2. The van der Waals surface area contributed by atoms with E-state index in [1.165, 1.54) is 12.1 Å². The Bertz CT molecular complexity index is 2140. The van der Waals surface area contributed by atoms with E-state index in [-0.39, 0.29) is 72.0 Å². The van der Waals surface area contributed by atoms with Gasteiger partial charge in [0, 0.05) is 54.4 Å². The van der Waals surface area contributed by atoms with E-state index in [0.717, 1.165) is 43.6 Å². The molecule has 3 aliphatic heterocycles. The minimum atomic E-state index is -2.02. The number of nitrogens with two attached hydrogens (primary N) is 1. The Labute approximate surface area is 312 Å². The van der Waals surface area contributed by atoms with Gasteiger partial charge in [0.2, 0.25) is 0 Å². The van der Waals surface area contributed by atoms with Gasteiger partial charge in [-0.1, -0.05) is 38.4 Å². The third kappa shape index (κ3) is 5.84. The summed E-state index contributed by atoms with van der Waals surface area (Å²) in [6.45, 7) is 14.1. The minimum Gasteiger partial charge on any atom is -0.461 e. The molecular weight excluding hydrogens is 725 g/mol. The monoisotopic (exact) mass is 768 g/mol. The van der Waals surface area contributed by atoms with Crippen molar-refractivity contribution in [3.05, 3.63) is 40.4 Å². The lowest BCUT2D eigenvalue weighted by atomic mass is 9.95. The maximum absolute atomic E-state index is 17.2. The van der Waals surface area contributed by atoms with Gasteiger partial charge in [-0.15, -0.1) is 11.3 Å². The van der Waals surface area contributed by atoms with E-state index in [1.54, 1.807) is 6.07 Å². The number of nitrogen functional groups attached to an aromatic ring is 1. The zero-order chi connectivity index (χ0) is 36.9. The van der Waals surface area contributed by atoms with Crippen LogP contribution >= 0.6 is 22.9 Å². The molecule has 52 heavy (non-hydrogen) atoms. The average molecular weight is 769 g/mol. The number of nitriles is 1. The number of hydrogen-bond acceptors (Lipinski definition) is 9. The second-order valence-corrected chi connectivity index (χ2v) is 23.0. The quantitative estimate of drug-likeness (QED) is 0.186. The first-order valence-corrected chi connectivity index (χ1v) is 22.2. The smallest absolute Gasteiger partial charge is 0.319 e. The van der Waals surface area contributed by atoms with Crippen LogP contribution in [-0.4, -0.2) is 73.8 Å². The van der Waals surface area contributed by atoms with Crippen molar-refractivity contribution in [2.75, 3.05) is 43.4 Å². The van der Waals surface area contributed by atoms with Crippen LogP contribution in [0, 0.1) is 34.8 Å². The van der Waals surface area contributed by atoms with Gasteiger partial charge in [-0.3, -0.25) is 4.90 Å². The second-order valence-electron chi connectivity index (χ2n) is 16.8. The van der Waals surface area contributed by atoms with E-state index in [1.807, 2.05) is 0 Å². The third-order valence-electron chi connectivity index (χ3n) is 12.5. The first kappa shape index (κ1) is 35.9. The Morgan fingerprint density at radius 1 is 1.17 bits per heavy atom. The highest BCUT2D eigenvalue weighted by Gasteiger charge is 2.50. The summed E-state index contributed by atoms with van der Waals surface area (Å²) in [5.41, 5.74) is 5.97. The standard InChI is InChI=1S/C38H44ClF3N6O2SSi/c1-37(2,3)52(4,5)50-28-12-20-11-21(28)17-47(16-20)35-24-13-26(39)30(23-7-8-27(41)33-29(23)25(15-43)34(44)51-33)31(42)32(24)45-36(46-35)49-19-38-9-6-10-48(38)18-22(40)14-38/h7-8,13,20-22,28H,6,9-12,14,16-19,44H2,1-5H3/t20-,21-,22-,28-,38+/m1/s1. The summed E-state index contributed by atoms with van der Waals surface area (Å²) in [5.74, 6) is -0.134. The SMILES string of the molecule is CC(C)(C)[Si](C)(C)O[C@@H]1C[C@H]2C[C@@H]1CN(c1nc(OC[C@@]34CCCN3C[C@H](F)C4)nc3c(F)c(-c4ccc(F)c5sc(N)c(C#N)c45)c(Cl)cc13)C2. The lowest BCUT2D eigenvalue weighted by Gasteiger charge is -2.40. The Hall–Kier alpha value is -3.15. The molecule has 2 bridgehead atoms. The van der Waals surface area contributed by atoms with Crippen molar-refractivity contribution in [1.29, 1.82) is 5.26 Å². The molecule has 0 radical (unpaired) electrons. The number of hydrogen-bond donors (Lipinski definition) is 1. The third-order valence-corrected chi connectivity index (χ3v) is 18.3. The molecule has 0 amide bonds. The largest absolute Gasteiger partial charge is 0.461 e. The highest BCUT2D eigenvalue weighted by atomic mass is 35.5. The molecule has 8 rings (SSSR count). The van der Waals surface area contributed by atoms with Crippen molar-refractivity contribution >= 4 is 63.1 Å². The Kier molecular flexibility index (Phi) is 8.77. The normalized spacial score (nSPS) is 26.4. The summed E-state index contributed by atoms with van der Waals surface area (Å²) in [6.07, 6.45) is 3.33. The van der Waals surface area contributed by atoms with Crippen molar-refractivity contribution in [3.63, 3.8) is 0 Å². The van der Waals surface area contributed by atoms with Gasteiger partial charge < -0.3 is 19.8 Å². The topological polar surface area (TPSA) is 101 Å². The van der Waals surface area contributed by atoms with E-state index in [9.17, 15) is 14.0 Å². The van der Waals surface area contributed by atoms with Crippen LogP contribution in [0.4, 0.5) is 24.0 Å². The van der Waals surface area contributed by atoms with Gasteiger partial charge in [-0.05, 0) is 74.0 Å². The van der Waals surface area contributed by atoms with E-state index < -0.39 is 31.7 Å². The van der Waals surface area contributed by atoms with Gasteiger partial charge in [-0.25, -0.2) is 13.2 Å². The van der Waals surface area contributed by atoms with Crippen LogP contribution in [0.5, 0.6) is 6.01 Å². The fourth-order valence-corrected chi connectivity index (χ4v) is 11.6. The summed E-state index contributed by atoms with van der Waals surface area (Å²) in [7, 11) is -2.02. The summed E-state index contributed by atoms with van der Waals surface area (Å²) >= 11 is 7.90. The number of piperidine rings is 1. The van der Waals surface area contributed by atoms with Crippen molar-refractivity contribution in [3.8, 4) is 23.2 Å². The van der Waals surface area contributed by atoms with E-state index >= 15 is 4.39 Å². The zero-order valence-electron chi connectivity index (χ0n) is 30.2. The molecule has 4 fully saturated rings. The van der Waals surface area contributed by atoms with Gasteiger partial charge >= 0.3 is 6.01 Å². The van der Waals surface area contributed by atoms with Gasteiger partial charge in [0.15, 0.2) is 14.1 Å². The van der Waals surface area contributed by atoms with Crippen molar-refractivity contribution in [1.82, 2.24) is 14.9 Å². The van der Waals surface area contributed by atoms with Crippen LogP contribution in [0.1, 0.15) is 58.4 Å². The number of nitrogens with zero attached hydrogens (tertiary/aromatic N) is 5. The van der Waals surface area contributed by atoms with E-state index in [4.69, 9.17) is 31.5 Å². The van der Waals surface area contributed by atoms with Crippen molar-refractivity contribution in [2.45, 2.75) is 88.8 Å². The molecule has 276 valence electrons. The van der Waals surface area contributed by atoms with Crippen LogP contribution in [-0.2, 0) is 4.43 Å². The zero-order valence-corrected chi connectivity index (χ0v) is 32.7. The van der Waals surface area contributed by atoms with Crippen LogP contribution in [0.2, 0.25) is 23.2 Å². The predicted octanol–water partition coefficient (Wildman–Crippen LogP) is 9.09. The summed E-state index contributed by atoms with van der Waals surface area (Å²) in [6, 6.07) is 6.38. The molecule has 2 aromatic carbocycles. The molecular formula is C38H44ClF3N6O2SSi. The summed E-state index contributed by atoms with van der Waals surface area (Å²) in [4.78, 5) is 13.9. The number of fused-ring (bicyclic) bond motifs is 5. The van der Waals surface area contributed by atoms with E-state index in [0.29, 0.717) is 43.2 Å². The molecule has 8 nitrogen and oxygen atoms in total. The summed E-state index contributed by atoms with van der Waals surface area (Å²) < 4.78 is 60.3. The van der Waals surface area contributed by atoms with E-state index in [2.05, 4.69) is 54.7 Å². The fourth-order valence-electron chi connectivity index (χ4n) is 8.95. The van der Waals surface area contributed by atoms with Crippen molar-refractivity contribution in [2.24, 2.45) is 11.8 Å². The molecule has 14 heteroatoms. The van der Waals surface area contributed by atoms with Crippen LogP contribution in [0.25, 0.3) is 32.1 Å². The first-order valence-electron chi connectivity index (χ1n) is 18.1. The molecule has 2 N–H and O–H groups in total. The Morgan fingerprint density at radius 2 is 1.96 bits per heavy atom. The molecule has 2 aromatic heterocycles. The van der Waals surface area contributed by atoms with Crippen LogP contribution < -0.4 is 15.4 Å². The Balaban J connectivity index is 1.23. The van der Waals surface area contributed by atoms with Crippen LogP contribution in [0.15, 0.2) is 18.2 Å². The fraction of sp³-hybridized carbons (Fsp3) is 0.553. The number of alkyl halides is 1. The van der Waals surface area contributed by atoms with Crippen LogP contribution in [0.3, 0.4) is 0 Å². The number of aromatic nitrogens is 2. The molecule has 5 heterocycles. The molecule has 1 aliphatic carbocycles. The number of anilines is 2. The molecule has 4 aliphatic rings. The lowest BCUT2D eigenvalue weighted by Crippen LogP contribution is -2.46. The second kappa shape index (κ2) is 12.7. The van der Waals surface area contributed by atoms with Gasteiger partial charge in [-0.2, -0.15) is 15.2 Å². The number of halogens is 4. The molecule has 0 spiro atoms. The molecule has 4 aromatic rings. The predicted molar refractivity (Wildman–Crippen MR) is 203 cm³/mol. The molecule has 0 unspecified atom stereocenters. The molecule has 1 saturated carbocycles. The van der Waals surface area contributed by atoms with Crippen molar-refractivity contribution < 1.29 is 22.3 Å². The molecule has 3 saturated heterocycles. The van der Waals surface area contributed by atoms with Gasteiger partial charge in [0.1, 0.15) is 41.0 Å². The number of rotatable bonds is 7. The number of thiophene rings is 1. The highest BCUT2D eigenvalue weighted by molar-refractivity contribution is 7.23.